The van der Waals surface area contributed by atoms with Gasteiger partial charge < -0.3 is 10.1 Å². The van der Waals surface area contributed by atoms with Crippen LogP contribution in [0.3, 0.4) is 0 Å². The Hall–Kier alpha value is -2.04. The van der Waals surface area contributed by atoms with Crippen LogP contribution in [0.1, 0.15) is 16.8 Å². The molecule has 0 bridgehead atoms. The molecule has 120 valence electrons. The fourth-order valence-electron chi connectivity index (χ4n) is 1.88. The Bertz CT molecular complexity index is 689. The van der Waals surface area contributed by atoms with Gasteiger partial charge in [0.05, 0.1) is 18.0 Å². The third-order valence-electron chi connectivity index (χ3n) is 2.99. The molecule has 23 heavy (non-hydrogen) atoms. The van der Waals surface area contributed by atoms with E-state index in [-0.39, 0.29) is 31.3 Å². The van der Waals surface area contributed by atoms with E-state index in [1.54, 1.807) is 42.5 Å². The zero-order valence-electron chi connectivity index (χ0n) is 12.2. The van der Waals surface area contributed by atoms with Gasteiger partial charge in [-0.25, -0.2) is 0 Å². The molecule has 0 radical (unpaired) electrons. The van der Waals surface area contributed by atoms with E-state index < -0.39 is 0 Å². The van der Waals surface area contributed by atoms with Gasteiger partial charge in [-0.3, -0.25) is 9.59 Å². The van der Waals surface area contributed by atoms with E-state index in [9.17, 15) is 9.59 Å². The summed E-state index contributed by atoms with van der Waals surface area (Å²) in [7, 11) is 0. The Morgan fingerprint density at radius 1 is 1.04 bits per heavy atom. The molecule has 0 aliphatic heterocycles. The van der Waals surface area contributed by atoms with Crippen molar-refractivity contribution < 1.29 is 14.3 Å². The molecule has 0 aliphatic carbocycles. The monoisotopic (exact) mass is 351 g/mol. The van der Waals surface area contributed by atoms with E-state index >= 15 is 0 Å². The second-order valence-corrected chi connectivity index (χ2v) is 5.58. The number of hydrogen-bond acceptors (Lipinski definition) is 3. The van der Waals surface area contributed by atoms with Crippen molar-refractivity contribution in [3.05, 3.63) is 64.1 Å². The highest BCUT2D eigenvalue weighted by molar-refractivity contribution is 6.35. The molecule has 0 aromatic heterocycles. The molecular weight excluding hydrogens is 337 g/mol. The first-order chi connectivity index (χ1) is 11.1. The van der Waals surface area contributed by atoms with Crippen LogP contribution in [0.15, 0.2) is 48.5 Å². The first-order valence-corrected chi connectivity index (χ1v) is 7.74. The van der Waals surface area contributed by atoms with Crippen molar-refractivity contribution in [2.45, 2.75) is 6.42 Å². The van der Waals surface area contributed by atoms with E-state index in [0.717, 1.165) is 0 Å². The lowest BCUT2D eigenvalue weighted by molar-refractivity contribution is -0.120. The average molecular weight is 352 g/mol. The quantitative estimate of drug-likeness (QED) is 0.469. The minimum atomic E-state index is -0.343. The number of ketones is 1. The highest BCUT2D eigenvalue weighted by Gasteiger charge is 2.11. The number of rotatable bonds is 7. The normalized spacial score (nSPS) is 10.2. The topological polar surface area (TPSA) is 55.4 Å². The molecule has 0 saturated carbocycles. The Morgan fingerprint density at radius 2 is 1.78 bits per heavy atom. The van der Waals surface area contributed by atoms with Gasteiger partial charge in [0, 0.05) is 10.6 Å². The Morgan fingerprint density at radius 3 is 2.48 bits per heavy atom. The molecule has 0 atom stereocenters. The van der Waals surface area contributed by atoms with Crippen LogP contribution in [0.4, 0.5) is 0 Å². The molecule has 1 amide bonds. The maximum absolute atomic E-state index is 11.9. The second kappa shape index (κ2) is 8.56. The van der Waals surface area contributed by atoms with Gasteiger partial charge in [0.2, 0.25) is 5.91 Å². The number of benzene rings is 2. The van der Waals surface area contributed by atoms with Crippen LogP contribution in [0.5, 0.6) is 5.75 Å². The Labute approximate surface area is 144 Å². The molecule has 2 aromatic carbocycles. The molecule has 2 rings (SSSR count). The number of halogens is 2. The predicted molar refractivity (Wildman–Crippen MR) is 90.4 cm³/mol. The van der Waals surface area contributed by atoms with Crippen molar-refractivity contribution in [2.75, 3.05) is 13.2 Å². The molecule has 0 unspecified atom stereocenters. The van der Waals surface area contributed by atoms with Gasteiger partial charge in [0.25, 0.3) is 0 Å². The highest BCUT2D eigenvalue weighted by atomic mass is 35.5. The van der Waals surface area contributed by atoms with Crippen LogP contribution in [-0.4, -0.2) is 24.8 Å². The van der Waals surface area contributed by atoms with Crippen LogP contribution in [0.2, 0.25) is 10.0 Å². The third-order valence-corrected chi connectivity index (χ3v) is 3.52. The number of carbonyl (C=O) groups is 2. The highest BCUT2D eigenvalue weighted by Crippen LogP contribution is 2.27. The summed E-state index contributed by atoms with van der Waals surface area (Å²) >= 11 is 11.8. The predicted octanol–water partition coefficient (Wildman–Crippen LogP) is 3.76. The number of ether oxygens (including phenoxy) is 1. The van der Waals surface area contributed by atoms with E-state index in [1.807, 2.05) is 6.07 Å². The SMILES string of the molecule is O=C(CC(=O)c1ccccc1)NCCOc1ccc(Cl)cc1Cl. The number of carbonyl (C=O) groups excluding carboxylic acids is 2. The molecule has 2 aromatic rings. The first-order valence-electron chi connectivity index (χ1n) is 6.99. The third kappa shape index (κ3) is 5.58. The molecule has 0 aliphatic rings. The van der Waals surface area contributed by atoms with Crippen LogP contribution >= 0.6 is 23.2 Å². The molecular formula is C17H15Cl2NO3. The van der Waals surface area contributed by atoms with Crippen LogP contribution in [-0.2, 0) is 4.79 Å². The summed E-state index contributed by atoms with van der Waals surface area (Å²) in [6.45, 7) is 0.520. The number of Topliss-reactive ketones (excluding diaryl/α,β-unsaturated/α-hetero) is 1. The van der Waals surface area contributed by atoms with Crippen molar-refractivity contribution >= 4 is 34.9 Å². The zero-order chi connectivity index (χ0) is 16.7. The molecule has 0 fully saturated rings. The maximum Gasteiger partial charge on any atom is 0.227 e. The summed E-state index contributed by atoms with van der Waals surface area (Å²) < 4.78 is 5.44. The van der Waals surface area contributed by atoms with Crippen molar-refractivity contribution in [3.8, 4) is 5.75 Å². The lowest BCUT2D eigenvalue weighted by atomic mass is 10.1. The maximum atomic E-state index is 11.9. The summed E-state index contributed by atoms with van der Waals surface area (Å²) in [5, 5.41) is 3.56. The van der Waals surface area contributed by atoms with E-state index in [2.05, 4.69) is 5.32 Å². The van der Waals surface area contributed by atoms with Gasteiger partial charge >= 0.3 is 0 Å². The van der Waals surface area contributed by atoms with Crippen LogP contribution < -0.4 is 10.1 Å². The van der Waals surface area contributed by atoms with Gasteiger partial charge in [0.15, 0.2) is 5.78 Å². The van der Waals surface area contributed by atoms with Crippen molar-refractivity contribution in [1.82, 2.24) is 5.32 Å². The largest absolute Gasteiger partial charge is 0.490 e. The van der Waals surface area contributed by atoms with Gasteiger partial charge in [0.1, 0.15) is 12.4 Å². The molecule has 1 N–H and O–H groups in total. The average Bonchev–Trinajstić information content (AvgIpc) is 2.54. The van der Waals surface area contributed by atoms with Gasteiger partial charge in [-0.15, -0.1) is 0 Å². The van der Waals surface area contributed by atoms with Crippen LogP contribution in [0, 0.1) is 0 Å². The number of hydrogen-bond donors (Lipinski definition) is 1. The lowest BCUT2D eigenvalue weighted by Crippen LogP contribution is -2.29. The number of amides is 1. The zero-order valence-corrected chi connectivity index (χ0v) is 13.7. The first kappa shape index (κ1) is 17.3. The van der Waals surface area contributed by atoms with E-state index in [1.165, 1.54) is 0 Å². The van der Waals surface area contributed by atoms with Crippen molar-refractivity contribution in [2.24, 2.45) is 0 Å². The standard InChI is InChI=1S/C17H15Cl2NO3/c18-13-6-7-16(14(19)10-13)23-9-8-20-17(22)11-15(21)12-4-2-1-3-5-12/h1-7,10H,8-9,11H2,(H,20,22). The van der Waals surface area contributed by atoms with Crippen LogP contribution in [0.25, 0.3) is 0 Å². The van der Waals surface area contributed by atoms with Crippen molar-refractivity contribution in [1.29, 1.82) is 0 Å². The fraction of sp³-hybridized carbons (Fsp3) is 0.176. The summed E-state index contributed by atoms with van der Waals surface area (Å²) in [4.78, 5) is 23.6. The minimum absolute atomic E-state index is 0.189. The summed E-state index contributed by atoms with van der Waals surface area (Å²) in [5.41, 5.74) is 0.520. The molecule has 0 saturated heterocycles. The number of nitrogens with one attached hydrogen (secondary N) is 1. The summed E-state index contributed by atoms with van der Waals surface area (Å²) in [6, 6.07) is 13.6. The molecule has 0 heterocycles. The lowest BCUT2D eigenvalue weighted by Gasteiger charge is -2.09. The van der Waals surface area contributed by atoms with Gasteiger partial charge in [-0.1, -0.05) is 53.5 Å². The molecule has 0 spiro atoms. The fourth-order valence-corrected chi connectivity index (χ4v) is 2.34. The molecule has 6 heteroatoms. The molecule has 4 nitrogen and oxygen atoms in total. The van der Waals surface area contributed by atoms with E-state index in [0.29, 0.717) is 21.4 Å². The Balaban J connectivity index is 1.72. The summed E-state index contributed by atoms with van der Waals surface area (Å²) in [5.74, 6) is -0.0694. The van der Waals surface area contributed by atoms with Crippen molar-refractivity contribution in [3.63, 3.8) is 0 Å². The van der Waals surface area contributed by atoms with Gasteiger partial charge in [-0.05, 0) is 18.2 Å². The minimum Gasteiger partial charge on any atom is -0.490 e. The van der Waals surface area contributed by atoms with Gasteiger partial charge in [-0.2, -0.15) is 0 Å². The Kier molecular flexibility index (Phi) is 6.44. The smallest absolute Gasteiger partial charge is 0.227 e. The second-order valence-electron chi connectivity index (χ2n) is 4.74. The van der Waals surface area contributed by atoms with E-state index in [4.69, 9.17) is 27.9 Å². The summed E-state index contributed by atoms with van der Waals surface area (Å²) in [6.07, 6.45) is -0.189.